The van der Waals surface area contributed by atoms with Crippen molar-refractivity contribution in [2.75, 3.05) is 5.32 Å². The van der Waals surface area contributed by atoms with Gasteiger partial charge in [0.15, 0.2) is 6.61 Å². The van der Waals surface area contributed by atoms with E-state index in [2.05, 4.69) is 15.5 Å². The molecule has 1 amide bonds. The van der Waals surface area contributed by atoms with Crippen molar-refractivity contribution in [2.24, 2.45) is 0 Å². The lowest BCUT2D eigenvalue weighted by Crippen LogP contribution is -2.22. The lowest BCUT2D eigenvalue weighted by atomic mass is 10.2. The van der Waals surface area contributed by atoms with Gasteiger partial charge < -0.3 is 14.5 Å². The van der Waals surface area contributed by atoms with Crippen molar-refractivity contribution in [3.8, 4) is 5.75 Å². The molecule has 0 aliphatic rings. The molecule has 0 spiro atoms. The number of hydrogen-bond donors (Lipinski definition) is 1. The first-order valence-electron chi connectivity index (χ1n) is 8.14. The average Bonchev–Trinajstić information content (AvgIpc) is 3.08. The van der Waals surface area contributed by atoms with E-state index in [4.69, 9.17) is 9.15 Å². The normalized spacial score (nSPS) is 11.8. The summed E-state index contributed by atoms with van der Waals surface area (Å²) in [6.07, 6.45) is 0. The molecular weight excluding hydrogens is 350 g/mol. The maximum Gasteiger partial charge on any atom is 0.277 e. The first kappa shape index (κ1) is 18.0. The van der Waals surface area contributed by atoms with Crippen LogP contribution in [0.2, 0.25) is 0 Å². The molecule has 134 valence electrons. The molecule has 3 rings (SSSR count). The number of ether oxygens (including phenoxy) is 1. The Morgan fingerprint density at radius 1 is 1.19 bits per heavy atom. The van der Waals surface area contributed by atoms with Gasteiger partial charge in [-0.05, 0) is 43.7 Å². The second kappa shape index (κ2) is 8.53. The van der Waals surface area contributed by atoms with Crippen LogP contribution in [0.3, 0.4) is 0 Å². The van der Waals surface area contributed by atoms with Crippen molar-refractivity contribution in [3.05, 3.63) is 66.1 Å². The zero-order valence-corrected chi connectivity index (χ0v) is 15.3. The van der Waals surface area contributed by atoms with Gasteiger partial charge in [0.1, 0.15) is 5.75 Å². The van der Waals surface area contributed by atoms with Crippen LogP contribution in [0.4, 0.5) is 5.69 Å². The molecule has 6 nitrogen and oxygen atoms in total. The van der Waals surface area contributed by atoms with E-state index in [1.807, 2.05) is 61.5 Å². The number of nitrogens with one attached hydrogen (secondary N) is 1. The minimum absolute atomic E-state index is 0.128. The van der Waals surface area contributed by atoms with E-state index in [0.717, 1.165) is 17.0 Å². The van der Waals surface area contributed by atoms with Gasteiger partial charge >= 0.3 is 0 Å². The van der Waals surface area contributed by atoms with Gasteiger partial charge in [-0.2, -0.15) is 0 Å². The number of aromatic nitrogens is 2. The molecule has 2 aromatic carbocycles. The van der Waals surface area contributed by atoms with E-state index in [1.165, 1.54) is 11.8 Å². The zero-order valence-electron chi connectivity index (χ0n) is 14.5. The third kappa shape index (κ3) is 5.10. The van der Waals surface area contributed by atoms with Crippen molar-refractivity contribution in [3.63, 3.8) is 0 Å². The Morgan fingerprint density at radius 3 is 2.77 bits per heavy atom. The summed E-state index contributed by atoms with van der Waals surface area (Å²) in [6.45, 7) is 3.97. The van der Waals surface area contributed by atoms with E-state index in [9.17, 15) is 4.79 Å². The maximum absolute atomic E-state index is 12.2. The average molecular weight is 369 g/mol. The van der Waals surface area contributed by atoms with Crippen molar-refractivity contribution < 1.29 is 13.9 Å². The first-order valence-corrected chi connectivity index (χ1v) is 9.02. The van der Waals surface area contributed by atoms with Crippen LogP contribution in [-0.4, -0.2) is 21.4 Å². The fraction of sp³-hybridized carbons (Fsp3) is 0.211. The fourth-order valence-electron chi connectivity index (χ4n) is 2.16. The molecule has 3 aromatic rings. The SMILES string of the molecule is Cc1cccc(OCc2nnc(S[C@H](C)C(=O)Nc3ccccc3)o2)c1. The minimum atomic E-state index is -0.374. The number of anilines is 1. The highest BCUT2D eigenvalue weighted by Crippen LogP contribution is 2.23. The molecule has 0 saturated heterocycles. The van der Waals surface area contributed by atoms with E-state index in [1.54, 1.807) is 6.92 Å². The predicted molar refractivity (Wildman–Crippen MR) is 100 cm³/mol. The van der Waals surface area contributed by atoms with E-state index >= 15 is 0 Å². The summed E-state index contributed by atoms with van der Waals surface area (Å²) >= 11 is 1.21. The van der Waals surface area contributed by atoms with Crippen molar-refractivity contribution in [1.82, 2.24) is 10.2 Å². The molecule has 0 radical (unpaired) electrons. The van der Waals surface area contributed by atoms with Crippen molar-refractivity contribution in [2.45, 2.75) is 30.9 Å². The highest BCUT2D eigenvalue weighted by Gasteiger charge is 2.18. The molecule has 0 fully saturated rings. The number of amides is 1. The Labute approximate surface area is 156 Å². The Hall–Kier alpha value is -2.80. The van der Waals surface area contributed by atoms with Gasteiger partial charge in [0.2, 0.25) is 5.91 Å². The smallest absolute Gasteiger partial charge is 0.277 e. The largest absolute Gasteiger partial charge is 0.484 e. The number of benzene rings is 2. The molecule has 0 bridgehead atoms. The molecule has 0 aliphatic heterocycles. The number of carbonyl (C=O) groups excluding carboxylic acids is 1. The highest BCUT2D eigenvalue weighted by atomic mass is 32.2. The summed E-state index contributed by atoms with van der Waals surface area (Å²) in [5.74, 6) is 0.981. The third-order valence-corrected chi connectivity index (χ3v) is 4.42. The van der Waals surface area contributed by atoms with E-state index < -0.39 is 0 Å². The van der Waals surface area contributed by atoms with Crippen LogP contribution < -0.4 is 10.1 Å². The predicted octanol–water partition coefficient (Wildman–Crippen LogP) is 4.08. The summed E-state index contributed by atoms with van der Waals surface area (Å²) in [7, 11) is 0. The van der Waals surface area contributed by atoms with Gasteiger partial charge in [-0.1, -0.05) is 42.1 Å². The third-order valence-electron chi connectivity index (χ3n) is 3.49. The van der Waals surface area contributed by atoms with E-state index in [-0.39, 0.29) is 17.8 Å². The second-order valence-electron chi connectivity index (χ2n) is 5.68. The Kier molecular flexibility index (Phi) is 5.91. The standard InChI is InChI=1S/C19H19N3O3S/c1-13-7-6-10-16(11-13)24-12-17-21-22-19(25-17)26-14(2)18(23)20-15-8-4-3-5-9-15/h3-11,14H,12H2,1-2H3,(H,20,23)/t14-/m1/s1. The minimum Gasteiger partial charge on any atom is -0.484 e. The number of nitrogens with zero attached hydrogens (tertiary/aromatic N) is 2. The summed E-state index contributed by atoms with van der Waals surface area (Å²) in [5, 5.41) is 10.7. The van der Waals surface area contributed by atoms with Crippen LogP contribution in [0.5, 0.6) is 5.75 Å². The Morgan fingerprint density at radius 2 is 2.00 bits per heavy atom. The summed E-state index contributed by atoms with van der Waals surface area (Å²) in [4.78, 5) is 12.2. The maximum atomic E-state index is 12.2. The number of para-hydroxylation sites is 1. The second-order valence-corrected chi connectivity index (χ2v) is 6.97. The van der Waals surface area contributed by atoms with Crippen LogP contribution in [0, 0.1) is 6.92 Å². The molecule has 26 heavy (non-hydrogen) atoms. The Balaban J connectivity index is 1.51. The van der Waals surface area contributed by atoms with E-state index in [0.29, 0.717) is 11.1 Å². The van der Waals surface area contributed by atoms with Crippen LogP contribution in [0.15, 0.2) is 64.2 Å². The van der Waals surface area contributed by atoms with Crippen molar-refractivity contribution in [1.29, 1.82) is 0 Å². The monoisotopic (exact) mass is 369 g/mol. The quantitative estimate of drug-likeness (QED) is 0.633. The molecule has 1 heterocycles. The lowest BCUT2D eigenvalue weighted by Gasteiger charge is -2.09. The van der Waals surface area contributed by atoms with Crippen molar-refractivity contribution >= 4 is 23.4 Å². The number of hydrogen-bond acceptors (Lipinski definition) is 6. The van der Waals surface area contributed by atoms with Gasteiger partial charge in [-0.25, -0.2) is 0 Å². The first-order chi connectivity index (χ1) is 12.6. The van der Waals surface area contributed by atoms with Crippen LogP contribution in [0.1, 0.15) is 18.4 Å². The van der Waals surface area contributed by atoms with Gasteiger partial charge in [0.25, 0.3) is 11.1 Å². The van der Waals surface area contributed by atoms with Gasteiger partial charge in [-0.15, -0.1) is 10.2 Å². The van der Waals surface area contributed by atoms with Crippen LogP contribution in [0.25, 0.3) is 0 Å². The van der Waals surface area contributed by atoms with Crippen LogP contribution >= 0.6 is 11.8 Å². The Bertz CT molecular complexity index is 867. The molecule has 1 N–H and O–H groups in total. The van der Waals surface area contributed by atoms with Gasteiger partial charge in [0.05, 0.1) is 5.25 Å². The van der Waals surface area contributed by atoms with Gasteiger partial charge in [-0.3, -0.25) is 4.79 Å². The number of aryl methyl sites for hydroxylation is 1. The molecule has 0 aliphatic carbocycles. The molecule has 7 heteroatoms. The molecular formula is C19H19N3O3S. The highest BCUT2D eigenvalue weighted by molar-refractivity contribution is 8.00. The zero-order chi connectivity index (χ0) is 18.4. The topological polar surface area (TPSA) is 77.2 Å². The summed E-state index contributed by atoms with van der Waals surface area (Å²) in [5.41, 5.74) is 1.87. The summed E-state index contributed by atoms with van der Waals surface area (Å²) in [6, 6.07) is 17.0. The lowest BCUT2D eigenvalue weighted by molar-refractivity contribution is -0.115. The molecule has 1 aromatic heterocycles. The van der Waals surface area contributed by atoms with Crippen LogP contribution in [-0.2, 0) is 11.4 Å². The van der Waals surface area contributed by atoms with Gasteiger partial charge in [0, 0.05) is 5.69 Å². The summed E-state index contributed by atoms with van der Waals surface area (Å²) < 4.78 is 11.2. The number of rotatable bonds is 7. The molecule has 0 unspecified atom stereocenters. The number of carbonyl (C=O) groups is 1. The number of thioether (sulfide) groups is 1. The fourth-order valence-corrected chi connectivity index (χ4v) is 2.87. The molecule has 1 atom stereocenters. The molecule has 0 saturated carbocycles.